The molecule has 5 atom stereocenters. The maximum Gasteiger partial charge on any atom is 0.135 e. The number of pyridine rings is 1. The van der Waals surface area contributed by atoms with Crippen LogP contribution in [-0.4, -0.2) is 40.3 Å². The minimum absolute atomic E-state index is 0.0645. The molecule has 226 valence electrons. The first kappa shape index (κ1) is 30.8. The van der Waals surface area contributed by atoms with Gasteiger partial charge in [-0.1, -0.05) is 67.0 Å². The van der Waals surface area contributed by atoms with Crippen LogP contribution < -0.4 is 0 Å². The van der Waals surface area contributed by atoms with Gasteiger partial charge in [0.15, 0.2) is 0 Å². The molecule has 0 aliphatic carbocycles. The molecule has 3 fully saturated rings. The van der Waals surface area contributed by atoms with Crippen molar-refractivity contribution in [3.63, 3.8) is 0 Å². The lowest BCUT2D eigenvalue weighted by atomic mass is 9.70. The number of ether oxygens (including phenoxy) is 1. The second-order valence-electron chi connectivity index (χ2n) is 15.2. The van der Waals surface area contributed by atoms with Crippen LogP contribution in [0, 0.1) is 11.8 Å². The molecule has 3 aromatic rings. The number of phenols is 1. The van der Waals surface area contributed by atoms with Gasteiger partial charge in [0.1, 0.15) is 24.4 Å². The standard InChI is InChI=1S/C38H52N2O2/c1-9-11-18-42-36(32-14-16-39-34-13-12-31(41)23-33(32)34)35-21-28-15-17-40(35,25-27(28)10-2)24-26-19-29(37(3,4)5)22-30(20-26)38(6,7)8/h10,12-14,16,19-20,22-23,27-28,35-36H,2,9,11,15,17-18,21,24-25H2,1,3-8H3/p+1/t27-,28-,35+,36-,40?/m0/s1. The average molecular weight is 570 g/mol. The van der Waals surface area contributed by atoms with Crippen molar-refractivity contribution >= 4 is 10.9 Å². The number of aromatic nitrogens is 1. The van der Waals surface area contributed by atoms with Gasteiger partial charge in [0.2, 0.25) is 0 Å². The normalized spacial score (nSPS) is 25.1. The smallest absolute Gasteiger partial charge is 0.135 e. The van der Waals surface area contributed by atoms with Crippen molar-refractivity contribution in [2.45, 2.75) is 104 Å². The Balaban J connectivity index is 1.64. The number of phenolic OH excluding ortho intramolecular Hbond substituents is 1. The number of benzene rings is 2. The Kier molecular flexibility index (Phi) is 8.62. The van der Waals surface area contributed by atoms with Crippen LogP contribution in [0.3, 0.4) is 0 Å². The van der Waals surface area contributed by atoms with Crippen LogP contribution in [0.15, 0.2) is 61.3 Å². The summed E-state index contributed by atoms with van der Waals surface area (Å²) in [6.07, 6.45) is 8.58. The molecule has 2 bridgehead atoms. The topological polar surface area (TPSA) is 42.4 Å². The lowest BCUT2D eigenvalue weighted by Crippen LogP contribution is -2.67. The Morgan fingerprint density at radius 2 is 1.76 bits per heavy atom. The molecular formula is C38H53N2O2+. The highest BCUT2D eigenvalue weighted by Gasteiger charge is 2.54. The number of aromatic hydroxyl groups is 1. The summed E-state index contributed by atoms with van der Waals surface area (Å²) < 4.78 is 7.96. The predicted octanol–water partition coefficient (Wildman–Crippen LogP) is 9.00. The van der Waals surface area contributed by atoms with E-state index in [1.54, 1.807) is 6.07 Å². The molecule has 3 aliphatic rings. The van der Waals surface area contributed by atoms with Gasteiger partial charge in [-0.05, 0) is 76.3 Å². The minimum Gasteiger partial charge on any atom is -0.508 e. The zero-order valence-electron chi connectivity index (χ0n) is 27.1. The quantitative estimate of drug-likeness (QED) is 0.159. The summed E-state index contributed by atoms with van der Waals surface area (Å²) in [6, 6.07) is 15.4. The Hall–Kier alpha value is -2.69. The van der Waals surface area contributed by atoms with Crippen molar-refractivity contribution < 1.29 is 14.3 Å². The second-order valence-corrected chi connectivity index (χ2v) is 15.2. The number of unbranched alkanes of at least 4 members (excludes halogenated alkanes) is 1. The van der Waals surface area contributed by atoms with Gasteiger partial charge in [-0.15, -0.1) is 6.58 Å². The predicted molar refractivity (Wildman–Crippen MR) is 175 cm³/mol. The molecule has 1 N–H and O–H groups in total. The third-order valence-corrected chi connectivity index (χ3v) is 10.1. The third kappa shape index (κ3) is 6.17. The maximum absolute atomic E-state index is 10.5. The van der Waals surface area contributed by atoms with Crippen LogP contribution >= 0.6 is 0 Å². The first-order chi connectivity index (χ1) is 19.8. The molecule has 0 amide bonds. The Bertz CT molecular complexity index is 1380. The van der Waals surface area contributed by atoms with E-state index in [0.29, 0.717) is 17.9 Å². The number of piperidine rings is 3. The van der Waals surface area contributed by atoms with Crippen molar-refractivity contribution in [2.24, 2.45) is 11.8 Å². The summed E-state index contributed by atoms with van der Waals surface area (Å²) in [6.45, 7) is 24.5. The fourth-order valence-corrected chi connectivity index (χ4v) is 7.54. The molecular weight excluding hydrogens is 516 g/mol. The average Bonchev–Trinajstić information content (AvgIpc) is 2.94. The largest absolute Gasteiger partial charge is 0.508 e. The van der Waals surface area contributed by atoms with Crippen molar-refractivity contribution in [1.29, 1.82) is 0 Å². The zero-order valence-corrected chi connectivity index (χ0v) is 27.1. The molecule has 4 nitrogen and oxygen atoms in total. The minimum atomic E-state index is -0.0645. The van der Waals surface area contributed by atoms with Crippen molar-refractivity contribution in [1.82, 2.24) is 4.98 Å². The van der Waals surface area contributed by atoms with Crippen molar-refractivity contribution in [3.8, 4) is 5.75 Å². The highest BCUT2D eigenvalue weighted by Crippen LogP contribution is 2.49. The van der Waals surface area contributed by atoms with E-state index < -0.39 is 0 Å². The van der Waals surface area contributed by atoms with Crippen LogP contribution in [0.2, 0.25) is 0 Å². The van der Waals surface area contributed by atoms with Gasteiger partial charge in [-0.3, -0.25) is 4.98 Å². The van der Waals surface area contributed by atoms with Gasteiger partial charge in [-0.25, -0.2) is 0 Å². The fourth-order valence-electron chi connectivity index (χ4n) is 7.54. The molecule has 3 saturated heterocycles. The van der Waals surface area contributed by atoms with E-state index in [0.717, 1.165) is 66.5 Å². The number of fused-ring (bicyclic) bond motifs is 4. The van der Waals surface area contributed by atoms with Gasteiger partial charge < -0.3 is 14.3 Å². The number of hydrogen-bond donors (Lipinski definition) is 1. The van der Waals surface area contributed by atoms with Gasteiger partial charge in [-0.2, -0.15) is 0 Å². The van der Waals surface area contributed by atoms with Gasteiger partial charge in [0, 0.05) is 42.5 Å². The number of hydrogen-bond acceptors (Lipinski definition) is 3. The molecule has 2 aromatic carbocycles. The van der Waals surface area contributed by atoms with Crippen LogP contribution in [0.25, 0.3) is 10.9 Å². The maximum atomic E-state index is 10.5. The van der Waals surface area contributed by atoms with E-state index >= 15 is 0 Å². The molecule has 1 unspecified atom stereocenters. The van der Waals surface area contributed by atoms with Gasteiger partial charge in [0.25, 0.3) is 0 Å². The summed E-state index contributed by atoms with van der Waals surface area (Å²) in [4.78, 5) is 4.65. The first-order valence-electron chi connectivity index (χ1n) is 16.2. The third-order valence-electron chi connectivity index (χ3n) is 10.1. The summed E-state index contributed by atoms with van der Waals surface area (Å²) in [7, 11) is 0. The highest BCUT2D eigenvalue weighted by molar-refractivity contribution is 5.83. The van der Waals surface area contributed by atoms with Crippen LogP contribution in [0.4, 0.5) is 0 Å². The molecule has 42 heavy (non-hydrogen) atoms. The van der Waals surface area contributed by atoms with Crippen molar-refractivity contribution in [2.75, 3.05) is 19.7 Å². The molecule has 4 heteroatoms. The SMILES string of the molecule is C=C[C@H]1C[N+]2(Cc3cc(C(C)(C)C)cc(C(C)(C)C)c3)CC[C@H]1C[C@@H]2[C@@H](OCCCC)c1ccnc2ccc(O)cc12. The van der Waals surface area contributed by atoms with Crippen LogP contribution in [0.5, 0.6) is 5.75 Å². The van der Waals surface area contributed by atoms with E-state index in [9.17, 15) is 5.11 Å². The molecule has 3 aliphatic heterocycles. The molecule has 4 heterocycles. The first-order valence-corrected chi connectivity index (χ1v) is 16.2. The lowest BCUT2D eigenvalue weighted by Gasteiger charge is -2.58. The summed E-state index contributed by atoms with van der Waals surface area (Å²) in [5.74, 6) is 1.44. The molecule has 0 saturated carbocycles. The Morgan fingerprint density at radius 1 is 1.05 bits per heavy atom. The van der Waals surface area contributed by atoms with E-state index in [-0.39, 0.29) is 22.7 Å². The Morgan fingerprint density at radius 3 is 2.40 bits per heavy atom. The van der Waals surface area contributed by atoms with Crippen LogP contribution in [0.1, 0.15) is 103 Å². The molecule has 0 spiro atoms. The fraction of sp³-hybridized carbons (Fsp3) is 0.553. The lowest BCUT2D eigenvalue weighted by molar-refractivity contribution is -0.985. The number of rotatable bonds is 9. The Labute approximate surface area is 254 Å². The van der Waals surface area contributed by atoms with E-state index in [1.807, 2.05) is 18.3 Å². The van der Waals surface area contributed by atoms with E-state index in [1.165, 1.54) is 23.1 Å². The monoisotopic (exact) mass is 569 g/mol. The zero-order chi connectivity index (χ0) is 30.3. The molecule has 0 radical (unpaired) electrons. The highest BCUT2D eigenvalue weighted by atomic mass is 16.5. The summed E-state index contributed by atoms with van der Waals surface area (Å²) >= 11 is 0. The summed E-state index contributed by atoms with van der Waals surface area (Å²) in [5, 5.41) is 11.5. The molecule has 1 aromatic heterocycles. The van der Waals surface area contributed by atoms with E-state index in [2.05, 4.69) is 90.4 Å². The van der Waals surface area contributed by atoms with Crippen LogP contribution in [-0.2, 0) is 22.1 Å². The van der Waals surface area contributed by atoms with Gasteiger partial charge in [0.05, 0.1) is 18.6 Å². The van der Waals surface area contributed by atoms with E-state index in [4.69, 9.17) is 4.74 Å². The number of quaternary nitrogens is 1. The second kappa shape index (κ2) is 11.8. The molecule has 6 rings (SSSR count). The van der Waals surface area contributed by atoms with Gasteiger partial charge >= 0.3 is 0 Å². The van der Waals surface area contributed by atoms with Crippen molar-refractivity contribution in [3.05, 3.63) is 83.6 Å². The summed E-state index contributed by atoms with van der Waals surface area (Å²) in [5.41, 5.74) is 6.50. The number of nitrogens with zero attached hydrogens (tertiary/aromatic N) is 2.